The summed E-state index contributed by atoms with van der Waals surface area (Å²) in [5, 5.41) is 10.8. The summed E-state index contributed by atoms with van der Waals surface area (Å²) in [5.74, 6) is 0.413. The Morgan fingerprint density at radius 2 is 1.86 bits per heavy atom. The van der Waals surface area contributed by atoms with Gasteiger partial charge in [-0.3, -0.25) is 4.79 Å². The fourth-order valence-electron chi connectivity index (χ4n) is 2.86. The van der Waals surface area contributed by atoms with Crippen LogP contribution in [-0.2, 0) is 0 Å². The van der Waals surface area contributed by atoms with E-state index in [-0.39, 0.29) is 5.91 Å². The summed E-state index contributed by atoms with van der Waals surface area (Å²) >= 11 is 7.42. The summed E-state index contributed by atoms with van der Waals surface area (Å²) in [6.45, 7) is 3.80. The number of hydrogen-bond donors (Lipinski definition) is 1. The molecule has 28 heavy (non-hydrogen) atoms. The van der Waals surface area contributed by atoms with Crippen LogP contribution in [0.15, 0.2) is 60.0 Å². The van der Waals surface area contributed by atoms with Crippen molar-refractivity contribution in [1.29, 1.82) is 0 Å². The van der Waals surface area contributed by atoms with Crippen LogP contribution in [0.5, 0.6) is 0 Å². The van der Waals surface area contributed by atoms with Crippen LogP contribution in [0.1, 0.15) is 21.6 Å². The molecule has 0 radical (unpaired) electrons. The minimum atomic E-state index is -0.172. The van der Waals surface area contributed by atoms with Crippen LogP contribution in [-0.4, -0.2) is 20.7 Å². The highest BCUT2D eigenvalue weighted by Crippen LogP contribution is 2.27. The van der Waals surface area contributed by atoms with Crippen molar-refractivity contribution < 1.29 is 4.79 Å². The first-order chi connectivity index (χ1) is 13.5. The van der Waals surface area contributed by atoms with Gasteiger partial charge in [0.2, 0.25) is 5.13 Å². The van der Waals surface area contributed by atoms with Gasteiger partial charge >= 0.3 is 0 Å². The molecule has 2 aromatic carbocycles. The molecule has 0 atom stereocenters. The number of nitrogens with zero attached hydrogens (tertiary/aromatic N) is 3. The molecule has 140 valence electrons. The predicted molar refractivity (Wildman–Crippen MR) is 114 cm³/mol. The second kappa shape index (κ2) is 7.58. The number of carbonyl (C=O) groups is 1. The number of halogens is 1. The molecule has 0 saturated carbocycles. The third-order valence-corrected chi connectivity index (χ3v) is 5.34. The van der Waals surface area contributed by atoms with E-state index in [1.165, 1.54) is 11.3 Å². The molecule has 2 aromatic heterocycles. The minimum Gasteiger partial charge on any atom is -0.306 e. The van der Waals surface area contributed by atoms with Crippen LogP contribution in [0.25, 0.3) is 16.4 Å². The Morgan fingerprint density at radius 3 is 2.61 bits per heavy atom. The number of thiazole rings is 1. The fourth-order valence-corrected chi connectivity index (χ4v) is 3.78. The van der Waals surface area contributed by atoms with E-state index >= 15 is 0 Å². The lowest BCUT2D eigenvalue weighted by Crippen LogP contribution is -2.16. The summed E-state index contributed by atoms with van der Waals surface area (Å²) < 4.78 is 1.66. The van der Waals surface area contributed by atoms with E-state index < -0.39 is 0 Å². The summed E-state index contributed by atoms with van der Waals surface area (Å²) in [5.41, 5.74) is 4.15. The van der Waals surface area contributed by atoms with E-state index in [9.17, 15) is 4.79 Å². The third-order valence-electron chi connectivity index (χ3n) is 4.28. The number of nitrogens with one attached hydrogen (secondary N) is 1. The highest BCUT2D eigenvalue weighted by Gasteiger charge is 2.16. The number of rotatable bonds is 4. The fraction of sp³-hybridized carbons (Fsp3) is 0.0952. The molecular formula is C21H17ClN4OS. The van der Waals surface area contributed by atoms with Gasteiger partial charge in [-0.2, -0.15) is 9.78 Å². The Labute approximate surface area is 171 Å². The molecule has 1 amide bonds. The molecule has 1 N–H and O–H groups in total. The van der Waals surface area contributed by atoms with Gasteiger partial charge < -0.3 is 5.32 Å². The Hall–Kier alpha value is -2.96. The van der Waals surface area contributed by atoms with Crippen LogP contribution >= 0.6 is 22.9 Å². The number of benzene rings is 2. The zero-order valence-electron chi connectivity index (χ0n) is 15.3. The first-order valence-electron chi connectivity index (χ1n) is 8.67. The van der Waals surface area contributed by atoms with Crippen molar-refractivity contribution in [1.82, 2.24) is 14.8 Å². The normalized spacial score (nSPS) is 10.8. The van der Waals surface area contributed by atoms with Gasteiger partial charge in [0.05, 0.1) is 11.4 Å². The maximum Gasteiger partial charge on any atom is 0.257 e. The van der Waals surface area contributed by atoms with Crippen molar-refractivity contribution in [3.05, 3.63) is 81.8 Å². The zero-order valence-corrected chi connectivity index (χ0v) is 16.9. The smallest absolute Gasteiger partial charge is 0.257 e. The lowest BCUT2D eigenvalue weighted by atomic mass is 10.1. The number of amides is 1. The second-order valence-corrected chi connectivity index (χ2v) is 7.65. The summed E-state index contributed by atoms with van der Waals surface area (Å²) in [7, 11) is 0. The molecule has 0 aliphatic carbocycles. The maximum absolute atomic E-state index is 12.7. The van der Waals surface area contributed by atoms with Gasteiger partial charge in [0.1, 0.15) is 5.82 Å². The van der Waals surface area contributed by atoms with E-state index in [4.69, 9.17) is 11.6 Å². The van der Waals surface area contributed by atoms with Crippen LogP contribution in [0.2, 0.25) is 5.02 Å². The summed E-state index contributed by atoms with van der Waals surface area (Å²) in [6, 6.07) is 16.8. The minimum absolute atomic E-state index is 0.172. The standard InChI is InChI=1S/C21H17ClN4OS/c1-13-5-3-4-6-17(13)20(27)24-19-11-14(2)25-26(19)21-23-18(12-28-21)15-7-9-16(22)10-8-15/h3-12H,1-2H3,(H,24,27). The molecule has 0 fully saturated rings. The molecule has 7 heteroatoms. The van der Waals surface area contributed by atoms with Crippen molar-refractivity contribution in [2.75, 3.05) is 5.32 Å². The van der Waals surface area contributed by atoms with Crippen LogP contribution in [0, 0.1) is 13.8 Å². The largest absolute Gasteiger partial charge is 0.306 e. The van der Waals surface area contributed by atoms with Crippen molar-refractivity contribution in [3.8, 4) is 16.4 Å². The quantitative estimate of drug-likeness (QED) is 0.483. The van der Waals surface area contributed by atoms with Gasteiger partial charge in [-0.15, -0.1) is 11.3 Å². The van der Waals surface area contributed by atoms with Crippen LogP contribution < -0.4 is 5.32 Å². The average Bonchev–Trinajstić information content (AvgIpc) is 3.29. The molecule has 0 saturated heterocycles. The number of aromatic nitrogens is 3. The van der Waals surface area contributed by atoms with Gasteiger partial charge in [0.25, 0.3) is 5.91 Å². The Balaban J connectivity index is 1.64. The van der Waals surface area contributed by atoms with Crippen molar-refractivity contribution in [3.63, 3.8) is 0 Å². The third kappa shape index (κ3) is 3.69. The lowest BCUT2D eigenvalue weighted by molar-refractivity contribution is 0.102. The number of anilines is 1. The van der Waals surface area contributed by atoms with Crippen LogP contribution in [0.4, 0.5) is 5.82 Å². The molecule has 4 rings (SSSR count). The monoisotopic (exact) mass is 408 g/mol. The second-order valence-electron chi connectivity index (χ2n) is 6.37. The highest BCUT2D eigenvalue weighted by atomic mass is 35.5. The van der Waals surface area contributed by atoms with Crippen molar-refractivity contribution >= 4 is 34.7 Å². The van der Waals surface area contributed by atoms with Crippen molar-refractivity contribution in [2.45, 2.75) is 13.8 Å². The highest BCUT2D eigenvalue weighted by molar-refractivity contribution is 7.12. The topological polar surface area (TPSA) is 59.8 Å². The Bertz CT molecular complexity index is 1150. The molecule has 2 heterocycles. The Morgan fingerprint density at radius 1 is 1.11 bits per heavy atom. The number of aryl methyl sites for hydroxylation is 2. The van der Waals surface area contributed by atoms with E-state index in [0.29, 0.717) is 21.5 Å². The van der Waals surface area contributed by atoms with Gasteiger partial charge in [0, 0.05) is 27.6 Å². The van der Waals surface area contributed by atoms with Crippen LogP contribution in [0.3, 0.4) is 0 Å². The maximum atomic E-state index is 12.7. The van der Waals surface area contributed by atoms with Gasteiger partial charge in [-0.25, -0.2) is 4.98 Å². The predicted octanol–water partition coefficient (Wildman–Crippen LogP) is 5.52. The van der Waals surface area contributed by atoms with Gasteiger partial charge in [0.15, 0.2) is 0 Å². The first-order valence-corrected chi connectivity index (χ1v) is 9.92. The molecule has 0 aliphatic rings. The van der Waals surface area contributed by atoms with Gasteiger partial charge in [-0.05, 0) is 37.6 Å². The molecule has 0 spiro atoms. The molecular weight excluding hydrogens is 392 g/mol. The Kier molecular flexibility index (Phi) is 4.98. The van der Waals surface area contributed by atoms with Gasteiger partial charge in [-0.1, -0.05) is 41.9 Å². The van der Waals surface area contributed by atoms with E-state index in [1.54, 1.807) is 10.7 Å². The molecule has 0 bridgehead atoms. The molecule has 0 aliphatic heterocycles. The summed E-state index contributed by atoms with van der Waals surface area (Å²) in [4.78, 5) is 17.4. The first kappa shape index (κ1) is 18.4. The van der Waals surface area contributed by atoms with E-state index in [0.717, 1.165) is 22.5 Å². The average molecular weight is 409 g/mol. The zero-order chi connectivity index (χ0) is 19.7. The molecule has 4 aromatic rings. The summed E-state index contributed by atoms with van der Waals surface area (Å²) in [6.07, 6.45) is 0. The van der Waals surface area contributed by atoms with Crippen molar-refractivity contribution in [2.24, 2.45) is 0 Å². The number of hydrogen-bond acceptors (Lipinski definition) is 4. The molecule has 5 nitrogen and oxygen atoms in total. The lowest BCUT2D eigenvalue weighted by Gasteiger charge is -2.08. The van der Waals surface area contributed by atoms with E-state index in [1.807, 2.05) is 67.8 Å². The SMILES string of the molecule is Cc1cc(NC(=O)c2ccccc2C)n(-c2nc(-c3ccc(Cl)cc3)cs2)n1. The number of carbonyl (C=O) groups excluding carboxylic acids is 1. The van der Waals surface area contributed by atoms with E-state index in [2.05, 4.69) is 15.4 Å². The molecule has 0 unspecified atom stereocenters.